The third-order valence-corrected chi connectivity index (χ3v) is 5.15. The van der Waals surface area contributed by atoms with Crippen LogP contribution in [0.4, 0.5) is 0 Å². The Morgan fingerprint density at radius 2 is 1.90 bits per heavy atom. The van der Waals surface area contributed by atoms with E-state index in [-0.39, 0.29) is 30.0 Å². The quantitative estimate of drug-likeness (QED) is 0.289. The highest BCUT2D eigenvalue weighted by molar-refractivity contribution is 14.0. The molecular formula is C23H38IN5O. The second-order valence-electron chi connectivity index (χ2n) is 8.09. The lowest BCUT2D eigenvalue weighted by Crippen LogP contribution is -2.42. The number of nitrogens with zero attached hydrogens (tertiary/aromatic N) is 3. The molecule has 1 heterocycles. The van der Waals surface area contributed by atoms with Crippen LogP contribution in [-0.2, 0) is 20.0 Å². The first-order valence-corrected chi connectivity index (χ1v) is 10.5. The molecule has 2 N–H and O–H groups in total. The number of aryl methyl sites for hydroxylation is 2. The first-order valence-electron chi connectivity index (χ1n) is 10.5. The van der Waals surface area contributed by atoms with Crippen molar-refractivity contribution in [2.24, 2.45) is 18.0 Å². The second-order valence-corrected chi connectivity index (χ2v) is 8.09. The Kier molecular flexibility index (Phi) is 11.2. The van der Waals surface area contributed by atoms with E-state index in [0.29, 0.717) is 12.5 Å². The number of aromatic nitrogens is 2. The van der Waals surface area contributed by atoms with Gasteiger partial charge in [0.1, 0.15) is 5.75 Å². The van der Waals surface area contributed by atoms with Crippen LogP contribution in [0.15, 0.2) is 29.3 Å². The van der Waals surface area contributed by atoms with E-state index < -0.39 is 0 Å². The lowest BCUT2D eigenvalue weighted by atomic mass is 10.1. The molecule has 0 amide bonds. The van der Waals surface area contributed by atoms with E-state index >= 15 is 0 Å². The van der Waals surface area contributed by atoms with E-state index in [0.717, 1.165) is 42.4 Å². The molecule has 0 fully saturated rings. The first kappa shape index (κ1) is 26.3. The number of nitrogens with one attached hydrogen (secondary N) is 2. The van der Waals surface area contributed by atoms with Crippen molar-refractivity contribution in [3.63, 3.8) is 0 Å². The highest BCUT2D eigenvalue weighted by Gasteiger charge is 2.14. The van der Waals surface area contributed by atoms with Gasteiger partial charge in [0, 0.05) is 37.9 Å². The van der Waals surface area contributed by atoms with Crippen molar-refractivity contribution >= 4 is 29.9 Å². The molecular weight excluding hydrogens is 489 g/mol. The molecule has 0 bridgehead atoms. The number of halogens is 1. The molecule has 6 nitrogen and oxygen atoms in total. The molecule has 0 aliphatic carbocycles. The maximum absolute atomic E-state index is 5.99. The van der Waals surface area contributed by atoms with Crippen LogP contribution in [0.5, 0.6) is 5.75 Å². The summed E-state index contributed by atoms with van der Waals surface area (Å²) in [5.41, 5.74) is 4.73. The number of benzene rings is 1. The van der Waals surface area contributed by atoms with Gasteiger partial charge in [-0.05, 0) is 51.2 Å². The van der Waals surface area contributed by atoms with Gasteiger partial charge in [-0.15, -0.1) is 24.0 Å². The SMILES string of the molecule is CN=C(NCc1ccccc1OCCC(C)C)NC(C)Cc1c(C)nn(C)c1C.I. The van der Waals surface area contributed by atoms with Gasteiger partial charge >= 0.3 is 0 Å². The van der Waals surface area contributed by atoms with Crippen molar-refractivity contribution in [1.29, 1.82) is 0 Å². The summed E-state index contributed by atoms with van der Waals surface area (Å²) in [5, 5.41) is 11.4. The van der Waals surface area contributed by atoms with E-state index in [2.05, 4.69) is 61.4 Å². The smallest absolute Gasteiger partial charge is 0.191 e. The molecule has 0 aliphatic rings. The van der Waals surface area contributed by atoms with Crippen molar-refractivity contribution in [3.8, 4) is 5.75 Å². The molecule has 0 aliphatic heterocycles. The van der Waals surface area contributed by atoms with E-state index in [9.17, 15) is 0 Å². The van der Waals surface area contributed by atoms with Crippen LogP contribution in [0.3, 0.4) is 0 Å². The van der Waals surface area contributed by atoms with Gasteiger partial charge in [-0.25, -0.2) is 0 Å². The van der Waals surface area contributed by atoms with Gasteiger partial charge < -0.3 is 15.4 Å². The second kappa shape index (κ2) is 12.8. The van der Waals surface area contributed by atoms with Crippen molar-refractivity contribution in [2.45, 2.75) is 60.0 Å². The van der Waals surface area contributed by atoms with E-state index in [4.69, 9.17) is 4.74 Å². The van der Waals surface area contributed by atoms with Crippen LogP contribution in [0, 0.1) is 19.8 Å². The minimum Gasteiger partial charge on any atom is -0.493 e. The van der Waals surface area contributed by atoms with Gasteiger partial charge in [-0.3, -0.25) is 9.67 Å². The van der Waals surface area contributed by atoms with Crippen LogP contribution in [-0.4, -0.2) is 35.4 Å². The zero-order chi connectivity index (χ0) is 21.4. The van der Waals surface area contributed by atoms with E-state index in [1.165, 1.54) is 11.3 Å². The van der Waals surface area contributed by atoms with Gasteiger partial charge in [0.2, 0.25) is 0 Å². The normalized spacial score (nSPS) is 12.5. The highest BCUT2D eigenvalue weighted by Crippen LogP contribution is 2.18. The predicted molar refractivity (Wildman–Crippen MR) is 136 cm³/mol. The molecule has 2 aromatic rings. The van der Waals surface area contributed by atoms with Crippen molar-refractivity contribution < 1.29 is 4.74 Å². The van der Waals surface area contributed by atoms with E-state index in [1.807, 2.05) is 29.9 Å². The van der Waals surface area contributed by atoms with Crippen LogP contribution in [0.25, 0.3) is 0 Å². The summed E-state index contributed by atoms with van der Waals surface area (Å²) in [6, 6.07) is 8.42. The summed E-state index contributed by atoms with van der Waals surface area (Å²) in [5.74, 6) is 2.36. The summed E-state index contributed by atoms with van der Waals surface area (Å²) in [6.45, 7) is 12.2. The molecule has 168 valence electrons. The number of rotatable bonds is 9. The topological polar surface area (TPSA) is 63.5 Å². The lowest BCUT2D eigenvalue weighted by molar-refractivity contribution is 0.286. The zero-order valence-corrected chi connectivity index (χ0v) is 21.8. The molecule has 30 heavy (non-hydrogen) atoms. The first-order chi connectivity index (χ1) is 13.8. The number of hydrogen-bond donors (Lipinski definition) is 2. The van der Waals surface area contributed by atoms with Gasteiger partial charge in [0.05, 0.1) is 12.3 Å². The maximum Gasteiger partial charge on any atom is 0.191 e. The third kappa shape index (κ3) is 7.81. The summed E-state index contributed by atoms with van der Waals surface area (Å²) in [4.78, 5) is 4.38. The molecule has 2 rings (SSSR count). The Bertz CT molecular complexity index is 816. The number of hydrogen-bond acceptors (Lipinski definition) is 3. The number of guanidine groups is 1. The van der Waals surface area contributed by atoms with Gasteiger partial charge in [0.15, 0.2) is 5.96 Å². The number of aliphatic imine (C=N–C) groups is 1. The minimum atomic E-state index is 0. The Morgan fingerprint density at radius 1 is 1.20 bits per heavy atom. The molecule has 1 unspecified atom stereocenters. The summed E-state index contributed by atoms with van der Waals surface area (Å²) in [6.07, 6.45) is 1.96. The minimum absolute atomic E-state index is 0. The standard InChI is InChI=1S/C23H37N5O.HI/c1-16(2)12-13-29-22-11-9-8-10-20(22)15-25-23(24-6)26-17(3)14-21-18(4)27-28(7)19(21)5;/h8-11,16-17H,12-15H2,1-7H3,(H2,24,25,26);1H. The summed E-state index contributed by atoms with van der Waals surface area (Å²) < 4.78 is 7.94. The molecule has 0 saturated carbocycles. The molecule has 0 saturated heterocycles. The van der Waals surface area contributed by atoms with E-state index in [1.54, 1.807) is 7.05 Å². The molecule has 1 atom stereocenters. The van der Waals surface area contributed by atoms with Gasteiger partial charge in [-0.2, -0.15) is 5.10 Å². The molecule has 0 radical (unpaired) electrons. The van der Waals surface area contributed by atoms with Gasteiger partial charge in [-0.1, -0.05) is 32.0 Å². The molecule has 1 aromatic carbocycles. The number of para-hydroxylation sites is 1. The predicted octanol–water partition coefficient (Wildman–Crippen LogP) is 4.38. The lowest BCUT2D eigenvalue weighted by Gasteiger charge is -2.19. The van der Waals surface area contributed by atoms with Crippen molar-refractivity contribution in [3.05, 3.63) is 46.8 Å². The van der Waals surface area contributed by atoms with Crippen LogP contribution < -0.4 is 15.4 Å². The highest BCUT2D eigenvalue weighted by atomic mass is 127. The average Bonchev–Trinajstić information content (AvgIpc) is 2.91. The van der Waals surface area contributed by atoms with Gasteiger partial charge in [0.25, 0.3) is 0 Å². The van der Waals surface area contributed by atoms with Crippen molar-refractivity contribution in [1.82, 2.24) is 20.4 Å². The molecule has 1 aromatic heterocycles. The Labute approximate surface area is 198 Å². The maximum atomic E-state index is 5.99. The van der Waals surface area contributed by atoms with Crippen LogP contribution >= 0.6 is 24.0 Å². The van der Waals surface area contributed by atoms with Crippen LogP contribution in [0.1, 0.15) is 49.7 Å². The van der Waals surface area contributed by atoms with Crippen LogP contribution in [0.2, 0.25) is 0 Å². The van der Waals surface area contributed by atoms with Crippen molar-refractivity contribution in [2.75, 3.05) is 13.7 Å². The summed E-state index contributed by atoms with van der Waals surface area (Å²) >= 11 is 0. The average molecular weight is 527 g/mol. The monoisotopic (exact) mass is 527 g/mol. The summed E-state index contributed by atoms with van der Waals surface area (Å²) in [7, 11) is 3.79. The Hall–Kier alpha value is -1.77. The fourth-order valence-electron chi connectivity index (χ4n) is 3.27. The molecule has 7 heteroatoms. The zero-order valence-electron chi connectivity index (χ0n) is 19.5. The number of ether oxygens (including phenoxy) is 1. The fourth-order valence-corrected chi connectivity index (χ4v) is 3.27. The third-order valence-electron chi connectivity index (χ3n) is 5.15. The molecule has 0 spiro atoms. The Balaban J connectivity index is 0.00000450. The largest absolute Gasteiger partial charge is 0.493 e. The fraction of sp³-hybridized carbons (Fsp3) is 0.565. The Morgan fingerprint density at radius 3 is 2.50 bits per heavy atom.